The lowest BCUT2D eigenvalue weighted by Crippen LogP contribution is -2.35. The summed E-state index contributed by atoms with van der Waals surface area (Å²) in [5.74, 6) is 2.10. The third kappa shape index (κ3) is 4.14. The maximum absolute atomic E-state index is 12.7. The summed E-state index contributed by atoms with van der Waals surface area (Å²) >= 11 is 0. The van der Waals surface area contributed by atoms with Gasteiger partial charge in [-0.25, -0.2) is 19.5 Å². The number of ether oxygens (including phenoxy) is 3. The van der Waals surface area contributed by atoms with Gasteiger partial charge in [-0.2, -0.15) is 4.98 Å². The highest BCUT2D eigenvalue weighted by atomic mass is 16.6. The fraction of sp³-hybridized carbons (Fsp3) is 0.333. The minimum Gasteiger partial charge on any atom is -0.486 e. The van der Waals surface area contributed by atoms with Crippen LogP contribution >= 0.6 is 0 Å². The predicted octanol–water partition coefficient (Wildman–Crippen LogP) is 1.39. The molecule has 11 nitrogen and oxygen atoms in total. The first kappa shape index (κ1) is 21.4. The number of aromatic nitrogens is 6. The van der Waals surface area contributed by atoms with Crippen LogP contribution in [0.2, 0.25) is 0 Å². The van der Waals surface area contributed by atoms with Crippen LogP contribution in [0.5, 0.6) is 17.4 Å². The van der Waals surface area contributed by atoms with Crippen molar-refractivity contribution in [3.63, 3.8) is 0 Å². The van der Waals surface area contributed by atoms with Gasteiger partial charge in [-0.15, -0.1) is 0 Å². The van der Waals surface area contributed by atoms with Gasteiger partial charge in [0.15, 0.2) is 17.1 Å². The van der Waals surface area contributed by atoms with Crippen LogP contribution in [0.15, 0.2) is 41.6 Å². The summed E-state index contributed by atoms with van der Waals surface area (Å²) in [6.45, 7) is 1.73. The molecule has 1 unspecified atom stereocenters. The summed E-state index contributed by atoms with van der Waals surface area (Å²) in [4.78, 5) is 34.9. The predicted molar refractivity (Wildman–Crippen MR) is 125 cm³/mol. The van der Waals surface area contributed by atoms with Gasteiger partial charge in [-0.3, -0.25) is 9.78 Å². The van der Waals surface area contributed by atoms with Crippen LogP contribution < -0.4 is 25.1 Å². The molecule has 0 amide bonds. The molecule has 35 heavy (non-hydrogen) atoms. The molecule has 11 heteroatoms. The number of rotatable bonds is 5. The van der Waals surface area contributed by atoms with Crippen molar-refractivity contribution in [3.05, 3.63) is 64.1 Å². The number of pyridine rings is 2. The van der Waals surface area contributed by atoms with E-state index in [1.807, 2.05) is 6.07 Å². The van der Waals surface area contributed by atoms with Crippen molar-refractivity contribution in [2.24, 2.45) is 0 Å². The van der Waals surface area contributed by atoms with E-state index in [2.05, 4.69) is 25.3 Å². The molecule has 0 radical (unpaired) electrons. The van der Waals surface area contributed by atoms with Gasteiger partial charge >= 0.3 is 0 Å². The van der Waals surface area contributed by atoms with Crippen LogP contribution in [-0.4, -0.2) is 55.9 Å². The van der Waals surface area contributed by atoms with Crippen LogP contribution in [0.3, 0.4) is 0 Å². The number of fused-ring (bicyclic) bond motifs is 3. The lowest BCUT2D eigenvalue weighted by molar-refractivity contribution is 0.170. The quantitative estimate of drug-likeness (QED) is 0.454. The van der Waals surface area contributed by atoms with Crippen LogP contribution in [0.1, 0.15) is 23.4 Å². The normalized spacial score (nSPS) is 16.7. The molecule has 5 heterocycles. The summed E-state index contributed by atoms with van der Waals surface area (Å²) in [6, 6.07) is 5.64. The summed E-state index contributed by atoms with van der Waals surface area (Å²) in [5.41, 5.74) is 3.47. The van der Waals surface area contributed by atoms with E-state index in [4.69, 9.17) is 19.2 Å². The van der Waals surface area contributed by atoms with Gasteiger partial charge in [-0.1, -0.05) is 0 Å². The molecule has 0 bridgehead atoms. The molecule has 1 N–H and O–H groups in total. The van der Waals surface area contributed by atoms with Crippen molar-refractivity contribution in [3.8, 4) is 23.3 Å². The third-order valence-corrected chi connectivity index (χ3v) is 6.18. The van der Waals surface area contributed by atoms with E-state index in [-0.39, 0.29) is 17.5 Å². The molecule has 0 spiro atoms. The topological polar surface area (TPSA) is 126 Å². The van der Waals surface area contributed by atoms with Gasteiger partial charge in [0.2, 0.25) is 11.8 Å². The average molecular weight is 473 g/mol. The number of methoxy groups -OCH3 is 1. The van der Waals surface area contributed by atoms with E-state index in [9.17, 15) is 4.79 Å². The monoisotopic (exact) mass is 473 g/mol. The van der Waals surface area contributed by atoms with Crippen molar-refractivity contribution in [2.45, 2.75) is 31.8 Å². The zero-order valence-electron chi connectivity index (χ0n) is 19.1. The highest BCUT2D eigenvalue weighted by Gasteiger charge is 2.22. The number of nitrogens with zero attached hydrogens (tertiary/aromatic N) is 6. The van der Waals surface area contributed by atoms with E-state index in [0.29, 0.717) is 42.6 Å². The Morgan fingerprint density at radius 3 is 2.86 bits per heavy atom. The van der Waals surface area contributed by atoms with Crippen molar-refractivity contribution in [1.29, 1.82) is 0 Å². The van der Waals surface area contributed by atoms with Crippen LogP contribution in [0.4, 0.5) is 0 Å². The van der Waals surface area contributed by atoms with E-state index in [0.717, 1.165) is 42.0 Å². The molecule has 1 aliphatic carbocycles. The fourth-order valence-electron chi connectivity index (χ4n) is 4.40. The van der Waals surface area contributed by atoms with Gasteiger partial charge < -0.3 is 19.5 Å². The van der Waals surface area contributed by atoms with Gasteiger partial charge in [0.1, 0.15) is 18.7 Å². The van der Waals surface area contributed by atoms with Gasteiger partial charge in [-0.05, 0) is 30.9 Å². The Balaban J connectivity index is 1.21. The SMILES string of the molecule is COc1ccc2ncc(=O)n(-c3ncc4c(n3)CCC(NCc3cc5c(cn3)OCCO5)C4)c2n1. The molecule has 178 valence electrons. The van der Waals surface area contributed by atoms with Crippen molar-refractivity contribution in [2.75, 3.05) is 20.3 Å². The first-order valence-electron chi connectivity index (χ1n) is 11.4. The van der Waals surface area contributed by atoms with Crippen LogP contribution in [0, 0.1) is 0 Å². The zero-order chi connectivity index (χ0) is 23.8. The second kappa shape index (κ2) is 8.91. The molecule has 0 saturated heterocycles. The minimum absolute atomic E-state index is 0.266. The lowest BCUT2D eigenvalue weighted by Gasteiger charge is -2.25. The zero-order valence-corrected chi connectivity index (χ0v) is 19.1. The Labute approximate surface area is 200 Å². The van der Waals surface area contributed by atoms with Gasteiger partial charge in [0.25, 0.3) is 5.56 Å². The second-order valence-electron chi connectivity index (χ2n) is 8.41. The van der Waals surface area contributed by atoms with E-state index < -0.39 is 0 Å². The smallest absolute Gasteiger partial charge is 0.277 e. The highest BCUT2D eigenvalue weighted by Crippen LogP contribution is 2.29. The summed E-state index contributed by atoms with van der Waals surface area (Å²) in [5, 5.41) is 3.58. The molecular weight excluding hydrogens is 450 g/mol. The highest BCUT2D eigenvalue weighted by molar-refractivity contribution is 5.72. The van der Waals surface area contributed by atoms with Crippen molar-refractivity contribution < 1.29 is 14.2 Å². The maximum Gasteiger partial charge on any atom is 0.277 e. The number of hydrogen-bond acceptors (Lipinski definition) is 10. The van der Waals surface area contributed by atoms with Crippen molar-refractivity contribution >= 4 is 11.2 Å². The van der Waals surface area contributed by atoms with Crippen LogP contribution in [0.25, 0.3) is 17.1 Å². The largest absolute Gasteiger partial charge is 0.486 e. The van der Waals surface area contributed by atoms with Crippen molar-refractivity contribution in [1.82, 2.24) is 34.8 Å². The summed E-state index contributed by atoms with van der Waals surface area (Å²) in [6.07, 6.45) is 7.24. The molecule has 1 atom stereocenters. The maximum atomic E-state index is 12.7. The molecule has 0 fully saturated rings. The number of hydrogen-bond donors (Lipinski definition) is 1. The first-order valence-corrected chi connectivity index (χ1v) is 11.4. The molecule has 1 aliphatic heterocycles. The van der Waals surface area contributed by atoms with E-state index in [1.54, 1.807) is 24.5 Å². The molecule has 6 rings (SSSR count). The fourth-order valence-corrected chi connectivity index (χ4v) is 4.40. The minimum atomic E-state index is -0.347. The van der Waals surface area contributed by atoms with Crippen LogP contribution in [-0.2, 0) is 19.4 Å². The number of nitrogens with one attached hydrogen (secondary N) is 1. The standard InChI is InChI=1S/C24H23N7O4/c1-33-21-5-4-18-23(30-21)31(22(32)13-27-18)24-28-10-14-8-15(2-3-17(14)29-24)25-11-16-9-19-20(12-26-16)35-7-6-34-19/h4-5,9-10,12-13,15,25H,2-3,6-8,11H2,1H3. The Bertz CT molecular complexity index is 1470. The molecule has 0 saturated carbocycles. The Morgan fingerprint density at radius 1 is 1.09 bits per heavy atom. The lowest BCUT2D eigenvalue weighted by atomic mass is 9.93. The van der Waals surface area contributed by atoms with E-state index in [1.165, 1.54) is 17.9 Å². The van der Waals surface area contributed by atoms with Gasteiger partial charge in [0, 0.05) is 36.6 Å². The molecule has 4 aromatic heterocycles. The van der Waals surface area contributed by atoms with Gasteiger partial charge in [0.05, 0.1) is 25.2 Å². The third-order valence-electron chi connectivity index (χ3n) is 6.18. The van der Waals surface area contributed by atoms with E-state index >= 15 is 0 Å². The molecular formula is C24H23N7O4. The summed E-state index contributed by atoms with van der Waals surface area (Å²) in [7, 11) is 1.52. The Kier molecular flexibility index (Phi) is 5.45. The second-order valence-corrected chi connectivity index (χ2v) is 8.41. The Morgan fingerprint density at radius 2 is 1.97 bits per heavy atom. The molecule has 0 aromatic carbocycles. The molecule has 4 aromatic rings. The number of aryl methyl sites for hydroxylation is 1. The Hall–Kier alpha value is -4.12. The molecule has 2 aliphatic rings. The first-order chi connectivity index (χ1) is 17.2. The summed E-state index contributed by atoms with van der Waals surface area (Å²) < 4.78 is 17.8. The average Bonchev–Trinajstić information content (AvgIpc) is 2.91.